The largest absolute Gasteiger partial charge is 0.434 e. The third-order valence-corrected chi connectivity index (χ3v) is 5.53. The molecule has 0 aromatic carbocycles. The number of aromatic nitrogens is 4. The summed E-state index contributed by atoms with van der Waals surface area (Å²) >= 11 is 2.33. The Balaban J connectivity index is 1.54. The number of allylic oxidation sites excluding steroid dienone is 4. The Bertz CT molecular complexity index is 815. The Hall–Kier alpha value is -1.64. The Morgan fingerprint density at radius 2 is 2.42 bits per heavy atom. The van der Waals surface area contributed by atoms with Crippen LogP contribution in [0.5, 0.6) is 0 Å². The van der Waals surface area contributed by atoms with E-state index in [2.05, 4.69) is 62.9 Å². The van der Waals surface area contributed by atoms with Crippen LogP contribution in [0.25, 0.3) is 5.57 Å². The first-order valence-corrected chi connectivity index (χ1v) is 9.27. The van der Waals surface area contributed by atoms with Gasteiger partial charge in [0, 0.05) is 13.0 Å². The second-order valence-electron chi connectivity index (χ2n) is 6.10. The molecule has 0 aliphatic heterocycles. The first kappa shape index (κ1) is 17.2. The van der Waals surface area contributed by atoms with Gasteiger partial charge in [-0.05, 0) is 59.8 Å². The zero-order valence-corrected chi connectivity index (χ0v) is 16.0. The number of imidazole rings is 1. The van der Waals surface area contributed by atoms with Gasteiger partial charge >= 0.3 is 5.76 Å². The van der Waals surface area contributed by atoms with E-state index in [1.165, 1.54) is 5.57 Å². The van der Waals surface area contributed by atoms with Crippen molar-refractivity contribution in [3.05, 3.63) is 50.4 Å². The van der Waals surface area contributed by atoms with Gasteiger partial charge in [-0.25, -0.2) is 14.9 Å². The van der Waals surface area contributed by atoms with Gasteiger partial charge in [-0.15, -0.1) is 5.10 Å². The van der Waals surface area contributed by atoms with Crippen LogP contribution in [-0.2, 0) is 7.05 Å². The minimum absolute atomic E-state index is 0.305. The molecule has 1 aliphatic rings. The summed E-state index contributed by atoms with van der Waals surface area (Å²) in [4.78, 5) is 15.5. The molecule has 2 heterocycles. The van der Waals surface area contributed by atoms with Crippen LogP contribution in [0.1, 0.15) is 50.1 Å². The minimum Gasteiger partial charge on any atom is -0.392 e. The van der Waals surface area contributed by atoms with Crippen molar-refractivity contribution in [2.24, 2.45) is 13.0 Å². The normalized spacial score (nSPS) is 20.9. The van der Waals surface area contributed by atoms with Gasteiger partial charge in [0.05, 0.1) is 6.33 Å². The fraction of sp³-hybridized carbons (Fsp3) is 0.471. The molecule has 1 aliphatic carbocycles. The Kier molecular flexibility index (Phi) is 5.37. The number of halogens is 1. The van der Waals surface area contributed by atoms with Crippen LogP contribution in [0.3, 0.4) is 0 Å². The summed E-state index contributed by atoms with van der Waals surface area (Å²) in [6, 6.07) is 0. The van der Waals surface area contributed by atoms with Crippen molar-refractivity contribution in [3.63, 3.8) is 0 Å². The topological polar surface area (TPSA) is 76.7 Å². The Morgan fingerprint density at radius 1 is 1.58 bits per heavy atom. The highest BCUT2D eigenvalue weighted by molar-refractivity contribution is 14.1. The summed E-state index contributed by atoms with van der Waals surface area (Å²) < 4.78 is 8.20. The highest BCUT2D eigenvalue weighted by atomic mass is 127. The van der Waals surface area contributed by atoms with Crippen molar-refractivity contribution in [1.29, 1.82) is 0 Å². The van der Waals surface area contributed by atoms with Gasteiger partial charge in [-0.2, -0.15) is 0 Å². The van der Waals surface area contributed by atoms with Gasteiger partial charge in [-0.1, -0.05) is 25.2 Å². The maximum absolute atomic E-state index is 11.0. The minimum atomic E-state index is -0.463. The molecule has 3 rings (SSSR count). The van der Waals surface area contributed by atoms with Crippen molar-refractivity contribution in [2.45, 2.75) is 38.5 Å². The number of nitrogens with zero attached hydrogens (tertiary/aromatic N) is 3. The molecule has 0 bridgehead atoms. The average Bonchev–Trinajstić information content (AvgIpc) is 3.09. The average molecular weight is 440 g/mol. The molecular formula is C17H21IN4O2. The monoisotopic (exact) mass is 440 g/mol. The molecule has 0 unspecified atom stereocenters. The fourth-order valence-electron chi connectivity index (χ4n) is 2.86. The SMILES string of the molecule is CC/C=C(\C=C/CC[C@H]1C[C@@H]1c1n[nH]c(=O)o1)c1ncn(C)c1I. The van der Waals surface area contributed by atoms with Crippen LogP contribution in [-0.4, -0.2) is 19.7 Å². The zero-order chi connectivity index (χ0) is 17.1. The third kappa shape index (κ3) is 3.88. The maximum atomic E-state index is 11.0. The van der Waals surface area contributed by atoms with Gasteiger partial charge in [0.1, 0.15) is 9.39 Å². The second kappa shape index (κ2) is 7.50. The van der Waals surface area contributed by atoms with Crippen molar-refractivity contribution >= 4 is 28.2 Å². The number of hydrogen-bond acceptors (Lipinski definition) is 4. The number of rotatable bonds is 7. The number of nitrogens with one attached hydrogen (secondary N) is 1. The van der Waals surface area contributed by atoms with Crippen LogP contribution < -0.4 is 5.76 Å². The highest BCUT2D eigenvalue weighted by Crippen LogP contribution is 2.49. The van der Waals surface area contributed by atoms with E-state index >= 15 is 0 Å². The molecule has 0 spiro atoms. The number of aryl methyl sites for hydroxylation is 1. The van der Waals surface area contributed by atoms with Gasteiger partial charge in [0.15, 0.2) is 0 Å². The molecule has 7 heteroatoms. The molecule has 2 atom stereocenters. The van der Waals surface area contributed by atoms with E-state index in [9.17, 15) is 4.79 Å². The molecule has 24 heavy (non-hydrogen) atoms. The van der Waals surface area contributed by atoms with Crippen molar-refractivity contribution in [1.82, 2.24) is 19.7 Å². The molecule has 6 nitrogen and oxygen atoms in total. The predicted octanol–water partition coefficient (Wildman–Crippen LogP) is 3.63. The second-order valence-corrected chi connectivity index (χ2v) is 7.12. The molecule has 2 aromatic rings. The number of aromatic amines is 1. The lowest BCUT2D eigenvalue weighted by Crippen LogP contribution is -1.93. The lowest BCUT2D eigenvalue weighted by molar-refractivity contribution is 0.455. The maximum Gasteiger partial charge on any atom is 0.434 e. The van der Waals surface area contributed by atoms with E-state index in [0.717, 1.165) is 35.1 Å². The number of H-pyrrole nitrogens is 1. The van der Waals surface area contributed by atoms with Crippen molar-refractivity contribution in [3.8, 4) is 0 Å². The first-order chi connectivity index (χ1) is 11.6. The van der Waals surface area contributed by atoms with Crippen LogP contribution in [0, 0.1) is 9.62 Å². The van der Waals surface area contributed by atoms with Gasteiger partial charge in [-0.3, -0.25) is 0 Å². The summed E-state index contributed by atoms with van der Waals surface area (Å²) in [6.07, 6.45) is 12.5. The summed E-state index contributed by atoms with van der Waals surface area (Å²) in [6.45, 7) is 2.14. The molecule has 2 aromatic heterocycles. The Labute approximate surface area is 154 Å². The lowest BCUT2D eigenvalue weighted by Gasteiger charge is -2.01. The van der Waals surface area contributed by atoms with Crippen molar-refractivity contribution < 1.29 is 4.42 Å². The van der Waals surface area contributed by atoms with Gasteiger partial charge < -0.3 is 8.98 Å². The van der Waals surface area contributed by atoms with E-state index in [1.54, 1.807) is 0 Å². The molecule has 0 radical (unpaired) electrons. The smallest absolute Gasteiger partial charge is 0.392 e. The molecule has 1 N–H and O–H groups in total. The summed E-state index contributed by atoms with van der Waals surface area (Å²) in [5, 5.41) is 6.25. The predicted molar refractivity (Wildman–Crippen MR) is 101 cm³/mol. The zero-order valence-electron chi connectivity index (χ0n) is 13.8. The van der Waals surface area contributed by atoms with Crippen LogP contribution >= 0.6 is 22.6 Å². The Morgan fingerprint density at radius 3 is 3.04 bits per heavy atom. The van der Waals surface area contributed by atoms with Crippen LogP contribution in [0.2, 0.25) is 0 Å². The van der Waals surface area contributed by atoms with E-state index in [1.807, 2.05) is 17.9 Å². The molecule has 128 valence electrons. The number of hydrogen-bond donors (Lipinski definition) is 1. The van der Waals surface area contributed by atoms with E-state index < -0.39 is 5.76 Å². The highest BCUT2D eigenvalue weighted by Gasteiger charge is 2.41. The molecule has 1 saturated carbocycles. The third-order valence-electron chi connectivity index (χ3n) is 4.26. The van der Waals surface area contributed by atoms with Gasteiger partial charge in [0.2, 0.25) is 5.89 Å². The molecule has 0 saturated heterocycles. The molecular weight excluding hydrogens is 419 g/mol. The van der Waals surface area contributed by atoms with Crippen LogP contribution in [0.4, 0.5) is 0 Å². The van der Waals surface area contributed by atoms with E-state index in [4.69, 9.17) is 4.42 Å². The van der Waals surface area contributed by atoms with Crippen molar-refractivity contribution in [2.75, 3.05) is 0 Å². The summed E-state index contributed by atoms with van der Waals surface area (Å²) in [7, 11) is 2.01. The standard InChI is InChI=1S/C17H21IN4O2/c1-3-6-11(14-15(18)22(2)10-19-14)7-4-5-8-12-9-13(12)16-20-21-17(23)24-16/h4,6-7,10,12-13H,3,5,8-9H2,1-2H3,(H,21,23)/b7-4-,11-6+/t12-,13-/m0/s1. The first-order valence-electron chi connectivity index (χ1n) is 8.19. The van der Waals surface area contributed by atoms with E-state index in [-0.39, 0.29) is 0 Å². The molecule has 1 fully saturated rings. The van der Waals surface area contributed by atoms with Gasteiger partial charge in [0.25, 0.3) is 0 Å². The summed E-state index contributed by atoms with van der Waals surface area (Å²) in [5.41, 5.74) is 2.21. The van der Waals surface area contributed by atoms with E-state index in [0.29, 0.717) is 17.7 Å². The fourth-order valence-corrected chi connectivity index (χ4v) is 3.44. The molecule has 0 amide bonds. The quantitative estimate of drug-likeness (QED) is 0.527. The van der Waals surface area contributed by atoms with Crippen LogP contribution in [0.15, 0.2) is 33.8 Å². The lowest BCUT2D eigenvalue weighted by atomic mass is 10.1. The summed E-state index contributed by atoms with van der Waals surface area (Å²) in [5.74, 6) is 0.966.